The molecule has 3 N–H and O–H groups in total. The lowest BCUT2D eigenvalue weighted by molar-refractivity contribution is 0.415. The average Bonchev–Trinajstić information content (AvgIpc) is 2.39. The Morgan fingerprint density at radius 3 is 2.53 bits per heavy atom. The van der Waals surface area contributed by atoms with Crippen LogP contribution in [0, 0.1) is 0 Å². The number of nitrogens with two attached hydrogens (primary N) is 1. The van der Waals surface area contributed by atoms with Gasteiger partial charge in [0.05, 0.1) is 7.11 Å². The van der Waals surface area contributed by atoms with Crippen LogP contribution in [0.15, 0.2) is 42.6 Å². The molecule has 0 saturated heterocycles. The van der Waals surface area contributed by atoms with Gasteiger partial charge in [-0.05, 0) is 35.9 Å². The van der Waals surface area contributed by atoms with Crippen LogP contribution >= 0.6 is 0 Å². The Bertz CT molecular complexity index is 465. The van der Waals surface area contributed by atoms with Crippen LogP contribution < -0.4 is 15.8 Å². The molecule has 0 fully saturated rings. The van der Waals surface area contributed by atoms with Gasteiger partial charge in [0.1, 0.15) is 11.6 Å². The van der Waals surface area contributed by atoms with Crippen molar-refractivity contribution in [3.8, 4) is 5.75 Å². The number of hydrogen-bond acceptors (Lipinski definition) is 4. The molecule has 0 bridgehead atoms. The SMILES string of the molecule is COc1ccc(NCc2ccc(N)nc2)cc1. The van der Waals surface area contributed by atoms with Gasteiger partial charge in [0.2, 0.25) is 0 Å². The fourth-order valence-electron chi connectivity index (χ4n) is 1.45. The van der Waals surface area contributed by atoms with Gasteiger partial charge < -0.3 is 15.8 Å². The van der Waals surface area contributed by atoms with E-state index in [1.807, 2.05) is 30.3 Å². The highest BCUT2D eigenvalue weighted by Gasteiger charge is 1.95. The lowest BCUT2D eigenvalue weighted by atomic mass is 10.2. The van der Waals surface area contributed by atoms with E-state index in [2.05, 4.69) is 10.3 Å². The molecule has 0 saturated carbocycles. The van der Waals surface area contributed by atoms with Crippen LogP contribution in [0.4, 0.5) is 11.5 Å². The molecular formula is C13H15N3O. The molecule has 2 aromatic rings. The van der Waals surface area contributed by atoms with Crippen molar-refractivity contribution in [2.24, 2.45) is 0 Å². The summed E-state index contributed by atoms with van der Waals surface area (Å²) in [6.07, 6.45) is 1.77. The van der Waals surface area contributed by atoms with E-state index in [9.17, 15) is 0 Å². The molecule has 0 spiro atoms. The number of anilines is 2. The summed E-state index contributed by atoms with van der Waals surface area (Å²) in [6.45, 7) is 0.722. The van der Waals surface area contributed by atoms with Gasteiger partial charge in [0, 0.05) is 18.4 Å². The van der Waals surface area contributed by atoms with Gasteiger partial charge in [-0.15, -0.1) is 0 Å². The topological polar surface area (TPSA) is 60.2 Å². The Labute approximate surface area is 100 Å². The molecule has 0 atom stereocenters. The molecule has 1 aromatic carbocycles. The minimum atomic E-state index is 0.540. The monoisotopic (exact) mass is 229 g/mol. The Balaban J connectivity index is 1.95. The fourth-order valence-corrected chi connectivity index (χ4v) is 1.45. The molecule has 2 rings (SSSR count). The number of ether oxygens (including phenoxy) is 1. The van der Waals surface area contributed by atoms with E-state index in [4.69, 9.17) is 10.5 Å². The number of methoxy groups -OCH3 is 1. The minimum absolute atomic E-state index is 0.540. The highest BCUT2D eigenvalue weighted by atomic mass is 16.5. The summed E-state index contributed by atoms with van der Waals surface area (Å²) < 4.78 is 5.09. The maximum Gasteiger partial charge on any atom is 0.123 e. The maximum absolute atomic E-state index is 5.52. The summed E-state index contributed by atoms with van der Waals surface area (Å²) in [5.74, 6) is 1.39. The third-order valence-electron chi connectivity index (χ3n) is 2.43. The van der Waals surface area contributed by atoms with Crippen molar-refractivity contribution in [1.29, 1.82) is 0 Å². The molecule has 0 radical (unpaired) electrons. The van der Waals surface area contributed by atoms with E-state index in [1.54, 1.807) is 19.4 Å². The molecule has 1 aromatic heterocycles. The molecular weight excluding hydrogens is 214 g/mol. The summed E-state index contributed by atoms with van der Waals surface area (Å²) in [7, 11) is 1.66. The van der Waals surface area contributed by atoms with Crippen molar-refractivity contribution in [3.05, 3.63) is 48.2 Å². The van der Waals surface area contributed by atoms with E-state index in [-0.39, 0.29) is 0 Å². The predicted octanol–water partition coefficient (Wildman–Crippen LogP) is 2.28. The van der Waals surface area contributed by atoms with Crippen LogP contribution in [0.3, 0.4) is 0 Å². The normalized spacial score (nSPS) is 9.94. The fraction of sp³-hybridized carbons (Fsp3) is 0.154. The molecule has 17 heavy (non-hydrogen) atoms. The van der Waals surface area contributed by atoms with Gasteiger partial charge in [-0.25, -0.2) is 4.98 Å². The molecule has 4 heteroatoms. The summed E-state index contributed by atoms with van der Waals surface area (Å²) in [4.78, 5) is 4.04. The largest absolute Gasteiger partial charge is 0.497 e. The van der Waals surface area contributed by atoms with Crippen LogP contribution in [0.5, 0.6) is 5.75 Å². The number of rotatable bonds is 4. The molecule has 1 heterocycles. The molecule has 88 valence electrons. The maximum atomic E-state index is 5.52. The number of hydrogen-bond donors (Lipinski definition) is 2. The first-order chi connectivity index (χ1) is 8.28. The summed E-state index contributed by atoms with van der Waals surface area (Å²) in [5.41, 5.74) is 7.66. The summed E-state index contributed by atoms with van der Waals surface area (Å²) in [6, 6.07) is 11.5. The lowest BCUT2D eigenvalue weighted by Gasteiger charge is -2.07. The first-order valence-corrected chi connectivity index (χ1v) is 5.36. The van der Waals surface area contributed by atoms with Crippen molar-refractivity contribution in [1.82, 2.24) is 4.98 Å². The van der Waals surface area contributed by atoms with Gasteiger partial charge in [0.15, 0.2) is 0 Å². The second kappa shape index (κ2) is 5.21. The number of aromatic nitrogens is 1. The zero-order chi connectivity index (χ0) is 12.1. The van der Waals surface area contributed by atoms with E-state index in [1.165, 1.54) is 0 Å². The van der Waals surface area contributed by atoms with Crippen LogP contribution in [-0.4, -0.2) is 12.1 Å². The van der Waals surface area contributed by atoms with E-state index in [0.29, 0.717) is 5.82 Å². The number of nitrogens with one attached hydrogen (secondary N) is 1. The van der Waals surface area contributed by atoms with Gasteiger partial charge in [0.25, 0.3) is 0 Å². The van der Waals surface area contributed by atoms with Crippen molar-refractivity contribution in [2.75, 3.05) is 18.2 Å². The van der Waals surface area contributed by atoms with Crippen molar-refractivity contribution in [2.45, 2.75) is 6.54 Å². The standard InChI is InChI=1S/C13H15N3O/c1-17-12-5-3-11(4-6-12)15-8-10-2-7-13(14)16-9-10/h2-7,9,15H,8H2,1H3,(H2,14,16). The third-order valence-corrected chi connectivity index (χ3v) is 2.43. The van der Waals surface area contributed by atoms with Crippen LogP contribution in [0.1, 0.15) is 5.56 Å². The Kier molecular flexibility index (Phi) is 3.45. The van der Waals surface area contributed by atoms with Gasteiger partial charge >= 0.3 is 0 Å². The Hall–Kier alpha value is -2.23. The number of nitrogens with zero attached hydrogens (tertiary/aromatic N) is 1. The second-order valence-electron chi connectivity index (χ2n) is 3.67. The third kappa shape index (κ3) is 3.11. The van der Waals surface area contributed by atoms with E-state index in [0.717, 1.165) is 23.5 Å². The molecule has 0 unspecified atom stereocenters. The van der Waals surface area contributed by atoms with Crippen LogP contribution in [0.25, 0.3) is 0 Å². The van der Waals surface area contributed by atoms with Gasteiger partial charge in [-0.1, -0.05) is 6.07 Å². The Morgan fingerprint density at radius 2 is 1.94 bits per heavy atom. The number of benzene rings is 1. The summed E-state index contributed by atoms with van der Waals surface area (Å²) >= 11 is 0. The smallest absolute Gasteiger partial charge is 0.123 e. The quantitative estimate of drug-likeness (QED) is 0.844. The Morgan fingerprint density at radius 1 is 1.18 bits per heavy atom. The summed E-state index contributed by atoms with van der Waals surface area (Å²) in [5, 5.41) is 3.30. The molecule has 0 aliphatic heterocycles. The number of nitrogen functional groups attached to an aromatic ring is 1. The van der Waals surface area contributed by atoms with Crippen molar-refractivity contribution in [3.63, 3.8) is 0 Å². The van der Waals surface area contributed by atoms with Crippen LogP contribution in [0.2, 0.25) is 0 Å². The lowest BCUT2D eigenvalue weighted by Crippen LogP contribution is -2.00. The highest BCUT2D eigenvalue weighted by molar-refractivity contribution is 5.46. The second-order valence-corrected chi connectivity index (χ2v) is 3.67. The molecule has 0 amide bonds. The highest BCUT2D eigenvalue weighted by Crippen LogP contribution is 2.15. The van der Waals surface area contributed by atoms with Crippen molar-refractivity contribution >= 4 is 11.5 Å². The molecule has 0 aliphatic rings. The van der Waals surface area contributed by atoms with E-state index < -0.39 is 0 Å². The first-order valence-electron chi connectivity index (χ1n) is 5.36. The number of pyridine rings is 1. The zero-order valence-electron chi connectivity index (χ0n) is 9.68. The van der Waals surface area contributed by atoms with Gasteiger partial charge in [-0.2, -0.15) is 0 Å². The minimum Gasteiger partial charge on any atom is -0.497 e. The van der Waals surface area contributed by atoms with E-state index >= 15 is 0 Å². The zero-order valence-corrected chi connectivity index (χ0v) is 9.68. The first kappa shape index (κ1) is 11.3. The molecule has 4 nitrogen and oxygen atoms in total. The van der Waals surface area contributed by atoms with Crippen LogP contribution in [-0.2, 0) is 6.54 Å². The van der Waals surface area contributed by atoms with Gasteiger partial charge in [-0.3, -0.25) is 0 Å². The van der Waals surface area contributed by atoms with Crippen molar-refractivity contribution < 1.29 is 4.74 Å². The average molecular weight is 229 g/mol. The molecule has 0 aliphatic carbocycles. The predicted molar refractivity (Wildman–Crippen MR) is 69.0 cm³/mol.